The summed E-state index contributed by atoms with van der Waals surface area (Å²) in [6, 6.07) is 5.80. The molecular formula is C15H18N2O3. The van der Waals surface area contributed by atoms with Crippen LogP contribution in [0.1, 0.15) is 11.1 Å². The molecule has 20 heavy (non-hydrogen) atoms. The number of imide groups is 1. The minimum atomic E-state index is -0.312. The van der Waals surface area contributed by atoms with Crippen LogP contribution in [-0.4, -0.2) is 37.0 Å². The van der Waals surface area contributed by atoms with E-state index in [9.17, 15) is 9.59 Å². The van der Waals surface area contributed by atoms with E-state index in [0.717, 1.165) is 16.8 Å². The van der Waals surface area contributed by atoms with Gasteiger partial charge in [-0.2, -0.15) is 0 Å². The number of anilines is 1. The van der Waals surface area contributed by atoms with E-state index in [0.29, 0.717) is 12.3 Å². The van der Waals surface area contributed by atoms with E-state index >= 15 is 0 Å². The molecule has 2 amide bonds. The van der Waals surface area contributed by atoms with Crippen molar-refractivity contribution in [2.75, 3.05) is 25.6 Å². The van der Waals surface area contributed by atoms with Crippen LogP contribution < -0.4 is 5.32 Å². The molecule has 2 rings (SSSR count). The average molecular weight is 274 g/mol. The number of nitrogens with zero attached hydrogens (tertiary/aromatic N) is 1. The van der Waals surface area contributed by atoms with Crippen LogP contribution in [0, 0.1) is 13.8 Å². The van der Waals surface area contributed by atoms with Gasteiger partial charge in [-0.1, -0.05) is 12.1 Å². The van der Waals surface area contributed by atoms with E-state index in [-0.39, 0.29) is 18.4 Å². The molecular weight excluding hydrogens is 256 g/mol. The van der Waals surface area contributed by atoms with Gasteiger partial charge in [0.15, 0.2) is 0 Å². The largest absolute Gasteiger partial charge is 0.383 e. The molecule has 0 aromatic heterocycles. The summed E-state index contributed by atoms with van der Waals surface area (Å²) in [5, 5.41) is 3.04. The molecule has 0 radical (unpaired) electrons. The van der Waals surface area contributed by atoms with Crippen molar-refractivity contribution in [3.63, 3.8) is 0 Å². The number of rotatable bonds is 5. The van der Waals surface area contributed by atoms with Gasteiger partial charge in [-0.05, 0) is 31.0 Å². The Labute approximate surface area is 118 Å². The summed E-state index contributed by atoms with van der Waals surface area (Å²) in [6.45, 7) is 4.58. The number of carbonyl (C=O) groups is 2. The van der Waals surface area contributed by atoms with Crippen LogP contribution in [0.2, 0.25) is 0 Å². The van der Waals surface area contributed by atoms with E-state index in [1.807, 2.05) is 32.0 Å². The lowest BCUT2D eigenvalue weighted by Gasteiger charge is -2.15. The number of ether oxygens (including phenoxy) is 1. The average Bonchev–Trinajstić information content (AvgIpc) is 2.68. The smallest absolute Gasteiger partial charge is 0.277 e. The third kappa shape index (κ3) is 2.72. The number of benzene rings is 1. The third-order valence-electron chi connectivity index (χ3n) is 3.40. The second-order valence-electron chi connectivity index (χ2n) is 4.72. The molecule has 1 N–H and O–H groups in total. The number of carbonyl (C=O) groups excluding carboxylic acids is 2. The maximum absolute atomic E-state index is 12.1. The van der Waals surface area contributed by atoms with Crippen LogP contribution in [0.15, 0.2) is 30.0 Å². The van der Waals surface area contributed by atoms with Gasteiger partial charge in [0.1, 0.15) is 5.70 Å². The number of amides is 2. The van der Waals surface area contributed by atoms with Crippen molar-refractivity contribution < 1.29 is 14.3 Å². The van der Waals surface area contributed by atoms with Gasteiger partial charge in [-0.25, -0.2) is 0 Å². The Bertz CT molecular complexity index is 578. The lowest BCUT2D eigenvalue weighted by molar-refractivity contribution is -0.137. The van der Waals surface area contributed by atoms with Gasteiger partial charge >= 0.3 is 0 Å². The Balaban J connectivity index is 2.15. The van der Waals surface area contributed by atoms with Gasteiger partial charge in [0.25, 0.3) is 11.8 Å². The van der Waals surface area contributed by atoms with E-state index in [1.165, 1.54) is 18.1 Å². The third-order valence-corrected chi connectivity index (χ3v) is 3.40. The predicted octanol–water partition coefficient (Wildman–Crippen LogP) is 1.61. The van der Waals surface area contributed by atoms with Crippen LogP contribution >= 0.6 is 0 Å². The lowest BCUT2D eigenvalue weighted by Crippen LogP contribution is -2.34. The number of nitrogens with one attached hydrogen (secondary N) is 1. The highest BCUT2D eigenvalue weighted by atomic mass is 16.5. The molecule has 0 aliphatic carbocycles. The molecule has 0 atom stereocenters. The first-order valence-corrected chi connectivity index (χ1v) is 6.44. The monoisotopic (exact) mass is 274 g/mol. The van der Waals surface area contributed by atoms with Crippen molar-refractivity contribution in [3.05, 3.63) is 41.1 Å². The van der Waals surface area contributed by atoms with Crippen LogP contribution in [-0.2, 0) is 14.3 Å². The second-order valence-corrected chi connectivity index (χ2v) is 4.72. The van der Waals surface area contributed by atoms with Crippen LogP contribution in [0.3, 0.4) is 0 Å². The zero-order valence-corrected chi connectivity index (χ0v) is 11.9. The molecule has 0 unspecified atom stereocenters. The Morgan fingerprint density at radius 1 is 1.25 bits per heavy atom. The maximum Gasteiger partial charge on any atom is 0.277 e. The molecule has 1 heterocycles. The lowest BCUT2D eigenvalue weighted by atomic mass is 10.1. The summed E-state index contributed by atoms with van der Waals surface area (Å²) in [7, 11) is 1.54. The first kappa shape index (κ1) is 14.3. The highest BCUT2D eigenvalue weighted by Gasteiger charge is 2.30. The molecule has 0 fully saturated rings. The Morgan fingerprint density at radius 3 is 2.70 bits per heavy atom. The van der Waals surface area contributed by atoms with Crippen molar-refractivity contribution >= 4 is 17.5 Å². The van der Waals surface area contributed by atoms with E-state index < -0.39 is 0 Å². The molecule has 106 valence electrons. The number of hydrogen-bond donors (Lipinski definition) is 1. The Morgan fingerprint density at radius 2 is 2.00 bits per heavy atom. The predicted molar refractivity (Wildman–Crippen MR) is 76.2 cm³/mol. The summed E-state index contributed by atoms with van der Waals surface area (Å²) in [5.41, 5.74) is 3.33. The zero-order chi connectivity index (χ0) is 14.7. The molecule has 1 aromatic carbocycles. The number of aryl methyl sites for hydroxylation is 1. The van der Waals surface area contributed by atoms with Gasteiger partial charge in [-0.3, -0.25) is 14.5 Å². The molecule has 5 nitrogen and oxygen atoms in total. The van der Waals surface area contributed by atoms with Crippen LogP contribution in [0.5, 0.6) is 0 Å². The standard InChI is InChI=1S/C15H18N2O3/c1-10-5-4-6-12(11(10)2)16-13-9-14(18)17(15(13)19)7-8-20-3/h4-6,9,16H,7-8H2,1-3H3. The number of hydrogen-bond acceptors (Lipinski definition) is 4. The first-order valence-electron chi connectivity index (χ1n) is 6.44. The van der Waals surface area contributed by atoms with Gasteiger partial charge in [-0.15, -0.1) is 0 Å². The van der Waals surface area contributed by atoms with Gasteiger partial charge in [0, 0.05) is 18.9 Å². The molecule has 0 spiro atoms. The van der Waals surface area contributed by atoms with Crippen molar-refractivity contribution in [2.24, 2.45) is 0 Å². The van der Waals surface area contributed by atoms with Crippen molar-refractivity contribution in [1.82, 2.24) is 4.90 Å². The normalized spacial score (nSPS) is 14.8. The fraction of sp³-hybridized carbons (Fsp3) is 0.333. The van der Waals surface area contributed by atoms with Gasteiger partial charge < -0.3 is 10.1 Å². The Kier molecular flexibility index (Phi) is 4.20. The highest BCUT2D eigenvalue weighted by molar-refractivity contribution is 6.17. The van der Waals surface area contributed by atoms with E-state index in [2.05, 4.69) is 5.32 Å². The summed E-state index contributed by atoms with van der Waals surface area (Å²) >= 11 is 0. The van der Waals surface area contributed by atoms with Crippen molar-refractivity contribution in [3.8, 4) is 0 Å². The second kappa shape index (κ2) is 5.88. The fourth-order valence-electron chi connectivity index (χ4n) is 2.02. The van der Waals surface area contributed by atoms with Gasteiger partial charge in [0.2, 0.25) is 0 Å². The first-order chi connectivity index (χ1) is 9.54. The van der Waals surface area contributed by atoms with Crippen molar-refractivity contribution in [1.29, 1.82) is 0 Å². The summed E-state index contributed by atoms with van der Waals surface area (Å²) in [5.74, 6) is -0.618. The summed E-state index contributed by atoms with van der Waals surface area (Å²) < 4.78 is 4.90. The quantitative estimate of drug-likeness (QED) is 0.829. The molecule has 1 aromatic rings. The zero-order valence-electron chi connectivity index (χ0n) is 11.9. The van der Waals surface area contributed by atoms with Crippen LogP contribution in [0.4, 0.5) is 5.69 Å². The number of methoxy groups -OCH3 is 1. The van der Waals surface area contributed by atoms with Crippen molar-refractivity contribution in [2.45, 2.75) is 13.8 Å². The van der Waals surface area contributed by atoms with E-state index in [1.54, 1.807) is 0 Å². The minimum Gasteiger partial charge on any atom is -0.383 e. The molecule has 1 aliphatic rings. The topological polar surface area (TPSA) is 58.6 Å². The molecule has 0 saturated carbocycles. The highest BCUT2D eigenvalue weighted by Crippen LogP contribution is 2.22. The Hall–Kier alpha value is -2.14. The molecule has 5 heteroatoms. The van der Waals surface area contributed by atoms with Gasteiger partial charge in [0.05, 0.1) is 13.2 Å². The van der Waals surface area contributed by atoms with E-state index in [4.69, 9.17) is 4.74 Å². The minimum absolute atomic E-state index is 0.267. The fourth-order valence-corrected chi connectivity index (χ4v) is 2.02. The maximum atomic E-state index is 12.1. The summed E-state index contributed by atoms with van der Waals surface area (Å²) in [6.07, 6.45) is 1.33. The molecule has 1 aliphatic heterocycles. The SMILES string of the molecule is COCCN1C(=O)C=C(Nc2cccc(C)c2C)C1=O. The summed E-state index contributed by atoms with van der Waals surface area (Å²) in [4.78, 5) is 25.1. The molecule has 0 saturated heterocycles. The molecule has 0 bridgehead atoms. The van der Waals surface area contributed by atoms with Crippen LogP contribution in [0.25, 0.3) is 0 Å².